The van der Waals surface area contributed by atoms with Crippen molar-refractivity contribution in [2.24, 2.45) is 5.84 Å². The fourth-order valence-electron chi connectivity index (χ4n) is 1.14. The lowest BCUT2D eigenvalue weighted by atomic mass is 10.1. The molecule has 0 saturated carbocycles. The third-order valence-corrected chi connectivity index (χ3v) is 2.02. The molecule has 88 valence electrons. The first-order valence-corrected chi connectivity index (χ1v) is 5.16. The van der Waals surface area contributed by atoms with Gasteiger partial charge >= 0.3 is 0 Å². The van der Waals surface area contributed by atoms with Crippen LogP contribution in [0.25, 0.3) is 0 Å². The van der Waals surface area contributed by atoms with Crippen molar-refractivity contribution in [1.82, 2.24) is 5.43 Å². The quantitative estimate of drug-likeness (QED) is 0.464. The van der Waals surface area contributed by atoms with Crippen LogP contribution in [0.2, 0.25) is 0 Å². The highest BCUT2D eigenvalue weighted by atomic mass is 16.5. The molecule has 4 nitrogen and oxygen atoms in total. The predicted octanol–water partition coefficient (Wildman–Crippen LogP) is 1.61. The Labute approximate surface area is 95.8 Å². The van der Waals surface area contributed by atoms with E-state index in [1.54, 1.807) is 12.1 Å². The lowest BCUT2D eigenvalue weighted by Crippen LogP contribution is -2.29. The molecular formula is C12H18N2O2. The molecule has 16 heavy (non-hydrogen) atoms. The second kappa shape index (κ2) is 5.09. The Morgan fingerprint density at radius 3 is 2.31 bits per heavy atom. The molecule has 0 bridgehead atoms. The molecule has 0 unspecified atom stereocenters. The Morgan fingerprint density at radius 1 is 1.31 bits per heavy atom. The van der Waals surface area contributed by atoms with Gasteiger partial charge in [0, 0.05) is 5.56 Å². The Kier molecular flexibility index (Phi) is 4.04. The van der Waals surface area contributed by atoms with Crippen molar-refractivity contribution >= 4 is 5.91 Å². The summed E-state index contributed by atoms with van der Waals surface area (Å²) in [5.74, 6) is 4.75. The zero-order chi connectivity index (χ0) is 12.2. The van der Waals surface area contributed by atoms with Crippen LogP contribution in [0.3, 0.4) is 0 Å². The number of amides is 1. The van der Waals surface area contributed by atoms with Gasteiger partial charge in [0.15, 0.2) is 0 Å². The van der Waals surface area contributed by atoms with Crippen LogP contribution in [-0.2, 0) is 11.3 Å². The number of carbonyl (C=O) groups is 1. The maximum absolute atomic E-state index is 11.2. The van der Waals surface area contributed by atoms with E-state index in [-0.39, 0.29) is 11.5 Å². The average molecular weight is 222 g/mol. The van der Waals surface area contributed by atoms with E-state index >= 15 is 0 Å². The first-order chi connectivity index (χ1) is 7.42. The third-order valence-electron chi connectivity index (χ3n) is 2.02. The van der Waals surface area contributed by atoms with Crippen LogP contribution < -0.4 is 11.3 Å². The van der Waals surface area contributed by atoms with Gasteiger partial charge in [-0.2, -0.15) is 0 Å². The lowest BCUT2D eigenvalue weighted by Gasteiger charge is -2.19. The largest absolute Gasteiger partial charge is 0.371 e. The minimum Gasteiger partial charge on any atom is -0.371 e. The van der Waals surface area contributed by atoms with E-state index in [1.165, 1.54) is 0 Å². The fourth-order valence-corrected chi connectivity index (χ4v) is 1.14. The molecule has 0 aliphatic rings. The zero-order valence-corrected chi connectivity index (χ0v) is 9.91. The summed E-state index contributed by atoms with van der Waals surface area (Å²) in [5, 5.41) is 0. The summed E-state index contributed by atoms with van der Waals surface area (Å²) in [6.07, 6.45) is 0. The molecule has 0 aliphatic carbocycles. The number of hydrogen-bond acceptors (Lipinski definition) is 3. The summed E-state index contributed by atoms with van der Waals surface area (Å²) in [4.78, 5) is 11.2. The standard InChI is InChI=1S/C12H18N2O2/c1-12(2,3)16-8-9-4-6-10(7-5-9)11(15)14-13/h4-7H,8,13H2,1-3H3,(H,14,15). The Hall–Kier alpha value is -1.39. The van der Waals surface area contributed by atoms with E-state index in [2.05, 4.69) is 5.43 Å². The number of ether oxygens (including phenoxy) is 1. The number of carbonyl (C=O) groups excluding carboxylic acids is 1. The van der Waals surface area contributed by atoms with Crippen LogP contribution in [0.15, 0.2) is 24.3 Å². The summed E-state index contributed by atoms with van der Waals surface area (Å²) in [6.45, 7) is 6.55. The lowest BCUT2D eigenvalue weighted by molar-refractivity contribution is -0.0149. The molecule has 0 radical (unpaired) electrons. The SMILES string of the molecule is CC(C)(C)OCc1ccc(C(=O)NN)cc1. The molecule has 0 aliphatic heterocycles. The number of nitrogens with one attached hydrogen (secondary N) is 1. The van der Waals surface area contributed by atoms with E-state index in [0.29, 0.717) is 12.2 Å². The van der Waals surface area contributed by atoms with Crippen LogP contribution in [0.1, 0.15) is 36.7 Å². The molecule has 0 fully saturated rings. The van der Waals surface area contributed by atoms with Crippen LogP contribution in [0, 0.1) is 0 Å². The molecule has 0 atom stereocenters. The van der Waals surface area contributed by atoms with Gasteiger partial charge in [-0.05, 0) is 38.5 Å². The fraction of sp³-hybridized carbons (Fsp3) is 0.417. The van der Waals surface area contributed by atoms with E-state index in [4.69, 9.17) is 10.6 Å². The normalized spacial score (nSPS) is 11.2. The predicted molar refractivity (Wildman–Crippen MR) is 62.6 cm³/mol. The van der Waals surface area contributed by atoms with Crippen molar-refractivity contribution < 1.29 is 9.53 Å². The summed E-state index contributed by atoms with van der Waals surface area (Å²) in [7, 11) is 0. The first-order valence-electron chi connectivity index (χ1n) is 5.16. The summed E-state index contributed by atoms with van der Waals surface area (Å²) in [6, 6.07) is 7.17. The minimum atomic E-state index is -0.289. The highest BCUT2D eigenvalue weighted by Crippen LogP contribution is 2.12. The van der Waals surface area contributed by atoms with Gasteiger partial charge in [0.05, 0.1) is 12.2 Å². The number of hydrazine groups is 1. The van der Waals surface area contributed by atoms with E-state index < -0.39 is 0 Å². The second-order valence-corrected chi connectivity index (χ2v) is 4.57. The van der Waals surface area contributed by atoms with Crippen LogP contribution in [0.4, 0.5) is 0 Å². The Balaban J connectivity index is 2.62. The number of rotatable bonds is 3. The van der Waals surface area contributed by atoms with Crippen molar-refractivity contribution in [2.75, 3.05) is 0 Å². The second-order valence-electron chi connectivity index (χ2n) is 4.57. The van der Waals surface area contributed by atoms with Gasteiger partial charge in [-0.1, -0.05) is 12.1 Å². The zero-order valence-electron chi connectivity index (χ0n) is 9.91. The molecule has 1 rings (SSSR count). The van der Waals surface area contributed by atoms with Crippen LogP contribution >= 0.6 is 0 Å². The monoisotopic (exact) mass is 222 g/mol. The van der Waals surface area contributed by atoms with Crippen molar-refractivity contribution in [3.8, 4) is 0 Å². The van der Waals surface area contributed by atoms with Gasteiger partial charge in [-0.25, -0.2) is 5.84 Å². The number of nitrogen functional groups attached to an aromatic ring is 1. The van der Waals surface area contributed by atoms with Crippen LogP contribution in [0.5, 0.6) is 0 Å². The molecule has 0 heterocycles. The molecule has 0 saturated heterocycles. The highest BCUT2D eigenvalue weighted by molar-refractivity contribution is 5.93. The first kappa shape index (κ1) is 12.7. The maximum Gasteiger partial charge on any atom is 0.265 e. The maximum atomic E-state index is 11.2. The van der Waals surface area contributed by atoms with Gasteiger partial charge in [0.2, 0.25) is 0 Å². The molecule has 1 aromatic carbocycles. The third kappa shape index (κ3) is 4.00. The van der Waals surface area contributed by atoms with Crippen molar-refractivity contribution in [3.05, 3.63) is 35.4 Å². The summed E-state index contributed by atoms with van der Waals surface area (Å²) < 4.78 is 5.62. The molecule has 0 spiro atoms. The molecular weight excluding hydrogens is 204 g/mol. The summed E-state index contributed by atoms with van der Waals surface area (Å²) >= 11 is 0. The van der Waals surface area contributed by atoms with Gasteiger partial charge < -0.3 is 4.74 Å². The van der Waals surface area contributed by atoms with E-state index in [0.717, 1.165) is 5.56 Å². The summed E-state index contributed by atoms with van der Waals surface area (Å²) in [5.41, 5.74) is 3.50. The Morgan fingerprint density at radius 2 is 1.88 bits per heavy atom. The topological polar surface area (TPSA) is 64.3 Å². The number of hydrogen-bond donors (Lipinski definition) is 2. The van der Waals surface area contributed by atoms with Gasteiger partial charge in [-0.15, -0.1) is 0 Å². The highest BCUT2D eigenvalue weighted by Gasteiger charge is 2.10. The van der Waals surface area contributed by atoms with Gasteiger partial charge in [-0.3, -0.25) is 10.2 Å². The van der Waals surface area contributed by atoms with Crippen molar-refractivity contribution in [2.45, 2.75) is 33.0 Å². The number of nitrogens with two attached hydrogens (primary N) is 1. The number of benzene rings is 1. The van der Waals surface area contributed by atoms with E-state index in [1.807, 2.05) is 32.9 Å². The molecule has 3 N–H and O–H groups in total. The van der Waals surface area contributed by atoms with Gasteiger partial charge in [0.1, 0.15) is 0 Å². The van der Waals surface area contributed by atoms with Gasteiger partial charge in [0.25, 0.3) is 5.91 Å². The van der Waals surface area contributed by atoms with Crippen molar-refractivity contribution in [3.63, 3.8) is 0 Å². The van der Waals surface area contributed by atoms with E-state index in [9.17, 15) is 4.79 Å². The Bertz CT molecular complexity index is 352. The molecule has 1 aromatic rings. The molecule has 1 amide bonds. The van der Waals surface area contributed by atoms with Crippen molar-refractivity contribution in [1.29, 1.82) is 0 Å². The molecule has 0 aromatic heterocycles. The van der Waals surface area contributed by atoms with Crippen LogP contribution in [-0.4, -0.2) is 11.5 Å². The average Bonchev–Trinajstić information content (AvgIpc) is 2.25. The molecule has 4 heteroatoms. The minimum absolute atomic E-state index is 0.159. The smallest absolute Gasteiger partial charge is 0.265 e.